The predicted molar refractivity (Wildman–Crippen MR) is 111 cm³/mol. The molecule has 2 fully saturated rings. The van der Waals surface area contributed by atoms with Crippen molar-refractivity contribution in [2.75, 3.05) is 31.6 Å². The topological polar surface area (TPSA) is 59.1 Å². The standard InChI is InChI=1S/C21H32N2O4S/c1-14-16(19(24)26-5)13-28-18(14)23-10-6-7-17(23)15-8-11-22(12-9-15)20(25)27-21(2,3)4/h13,15,17H,6-12H2,1-5H3. The van der Waals surface area contributed by atoms with E-state index >= 15 is 0 Å². The van der Waals surface area contributed by atoms with Gasteiger partial charge in [-0.25, -0.2) is 9.59 Å². The Kier molecular flexibility index (Phi) is 6.22. The molecule has 0 spiro atoms. The Morgan fingerprint density at radius 1 is 1.14 bits per heavy atom. The van der Waals surface area contributed by atoms with Gasteiger partial charge in [-0.05, 0) is 64.9 Å². The first-order valence-electron chi connectivity index (χ1n) is 10.1. The van der Waals surface area contributed by atoms with Gasteiger partial charge in [0.05, 0.1) is 17.7 Å². The fraction of sp³-hybridized carbons (Fsp3) is 0.714. The van der Waals surface area contributed by atoms with E-state index in [9.17, 15) is 9.59 Å². The van der Waals surface area contributed by atoms with E-state index in [1.165, 1.54) is 25.0 Å². The second kappa shape index (κ2) is 8.31. The first-order chi connectivity index (χ1) is 13.2. The van der Waals surface area contributed by atoms with E-state index in [4.69, 9.17) is 9.47 Å². The van der Waals surface area contributed by atoms with Gasteiger partial charge >= 0.3 is 12.1 Å². The predicted octanol–water partition coefficient (Wildman–Crippen LogP) is 4.46. The number of hydrogen-bond donors (Lipinski definition) is 0. The molecule has 0 saturated carbocycles. The third-order valence-corrected chi connectivity index (χ3v) is 6.83. The molecule has 0 radical (unpaired) electrons. The number of carbonyl (C=O) groups is 2. The summed E-state index contributed by atoms with van der Waals surface area (Å²) in [5.74, 6) is 0.297. The number of likely N-dealkylation sites (tertiary alicyclic amines) is 1. The number of nitrogens with zero attached hydrogens (tertiary/aromatic N) is 2. The first kappa shape index (κ1) is 21.0. The minimum absolute atomic E-state index is 0.203. The number of ether oxygens (including phenoxy) is 2. The fourth-order valence-electron chi connectivity index (χ4n) is 4.33. The molecule has 2 saturated heterocycles. The van der Waals surface area contributed by atoms with Crippen LogP contribution >= 0.6 is 11.3 Å². The summed E-state index contributed by atoms with van der Waals surface area (Å²) >= 11 is 1.64. The smallest absolute Gasteiger partial charge is 0.410 e. The second-order valence-corrected chi connectivity index (χ2v) is 9.64. The van der Waals surface area contributed by atoms with Crippen LogP contribution in [-0.2, 0) is 9.47 Å². The Balaban J connectivity index is 1.64. The summed E-state index contributed by atoms with van der Waals surface area (Å²) in [4.78, 5) is 28.6. The lowest BCUT2D eigenvalue weighted by molar-refractivity contribution is 0.0175. The quantitative estimate of drug-likeness (QED) is 0.691. The van der Waals surface area contributed by atoms with Gasteiger partial charge in [-0.15, -0.1) is 11.3 Å². The first-order valence-corrected chi connectivity index (χ1v) is 11.0. The average Bonchev–Trinajstić information content (AvgIpc) is 3.26. The number of amides is 1. The lowest BCUT2D eigenvalue weighted by Gasteiger charge is -2.39. The number of rotatable bonds is 3. The highest BCUT2D eigenvalue weighted by atomic mass is 32.1. The Morgan fingerprint density at radius 2 is 1.82 bits per heavy atom. The van der Waals surface area contributed by atoms with Crippen molar-refractivity contribution in [1.82, 2.24) is 4.90 Å². The molecule has 2 aliphatic heterocycles. The summed E-state index contributed by atoms with van der Waals surface area (Å²) < 4.78 is 10.4. The SMILES string of the molecule is COC(=O)c1csc(N2CCCC2C2CCN(C(=O)OC(C)(C)C)CC2)c1C. The second-order valence-electron chi connectivity index (χ2n) is 8.78. The molecule has 156 valence electrons. The highest BCUT2D eigenvalue weighted by Gasteiger charge is 2.37. The monoisotopic (exact) mass is 408 g/mol. The number of thiophene rings is 1. The van der Waals surface area contributed by atoms with Gasteiger partial charge in [0.15, 0.2) is 0 Å². The van der Waals surface area contributed by atoms with E-state index in [0.29, 0.717) is 17.5 Å². The third-order valence-electron chi connectivity index (χ3n) is 5.71. The van der Waals surface area contributed by atoms with Crippen LogP contribution in [0.25, 0.3) is 0 Å². The van der Waals surface area contributed by atoms with E-state index in [1.807, 2.05) is 38.0 Å². The van der Waals surface area contributed by atoms with Gasteiger partial charge in [-0.2, -0.15) is 0 Å². The Hall–Kier alpha value is -1.76. The van der Waals surface area contributed by atoms with Crippen LogP contribution < -0.4 is 4.90 Å². The molecule has 1 aromatic heterocycles. The van der Waals surface area contributed by atoms with Gasteiger partial charge in [-0.1, -0.05) is 0 Å². The molecule has 1 amide bonds. The molecule has 0 aromatic carbocycles. The van der Waals surface area contributed by atoms with Crippen molar-refractivity contribution in [2.45, 2.75) is 65.0 Å². The zero-order valence-electron chi connectivity index (χ0n) is 17.6. The van der Waals surface area contributed by atoms with Crippen molar-refractivity contribution < 1.29 is 19.1 Å². The van der Waals surface area contributed by atoms with Crippen LogP contribution in [0.4, 0.5) is 9.80 Å². The Morgan fingerprint density at radius 3 is 2.43 bits per heavy atom. The molecule has 0 N–H and O–H groups in total. The van der Waals surface area contributed by atoms with Crippen LogP contribution in [0, 0.1) is 12.8 Å². The summed E-state index contributed by atoms with van der Waals surface area (Å²) in [6, 6.07) is 0.476. The van der Waals surface area contributed by atoms with Crippen LogP contribution in [0.2, 0.25) is 0 Å². The number of hydrogen-bond acceptors (Lipinski definition) is 6. The van der Waals surface area contributed by atoms with Crippen molar-refractivity contribution in [3.8, 4) is 0 Å². The molecule has 2 aliphatic rings. The summed E-state index contributed by atoms with van der Waals surface area (Å²) in [5, 5.41) is 3.11. The van der Waals surface area contributed by atoms with Gasteiger partial charge in [0.25, 0.3) is 0 Å². The molecule has 7 heteroatoms. The van der Waals surface area contributed by atoms with E-state index < -0.39 is 5.60 Å². The van der Waals surface area contributed by atoms with E-state index in [0.717, 1.165) is 38.0 Å². The maximum atomic E-state index is 12.3. The molecule has 1 aromatic rings. The van der Waals surface area contributed by atoms with Gasteiger partial charge in [0, 0.05) is 31.1 Å². The minimum atomic E-state index is -0.454. The number of carbonyl (C=O) groups excluding carboxylic acids is 2. The van der Waals surface area contributed by atoms with Gasteiger partial charge in [-0.3, -0.25) is 0 Å². The normalized spacial score (nSPS) is 21.1. The van der Waals surface area contributed by atoms with Crippen LogP contribution in [0.3, 0.4) is 0 Å². The molecular weight excluding hydrogens is 376 g/mol. The molecule has 0 bridgehead atoms. The molecule has 3 rings (SSSR count). The lowest BCUT2D eigenvalue weighted by Crippen LogP contribution is -2.46. The number of esters is 1. The van der Waals surface area contributed by atoms with Crippen LogP contribution in [0.5, 0.6) is 0 Å². The van der Waals surface area contributed by atoms with E-state index in [-0.39, 0.29) is 12.1 Å². The number of piperidine rings is 1. The van der Waals surface area contributed by atoms with Crippen LogP contribution in [0.15, 0.2) is 5.38 Å². The minimum Gasteiger partial charge on any atom is -0.465 e. The maximum absolute atomic E-state index is 12.3. The van der Waals surface area contributed by atoms with Gasteiger partial charge in [0.1, 0.15) is 5.60 Å². The molecule has 3 heterocycles. The average molecular weight is 409 g/mol. The molecule has 6 nitrogen and oxygen atoms in total. The Labute approximate surface area is 171 Å². The molecule has 28 heavy (non-hydrogen) atoms. The summed E-state index contributed by atoms with van der Waals surface area (Å²) in [5.41, 5.74) is 1.24. The number of methoxy groups -OCH3 is 1. The maximum Gasteiger partial charge on any atom is 0.410 e. The Bertz CT molecular complexity index is 716. The molecule has 1 unspecified atom stereocenters. The zero-order chi connectivity index (χ0) is 20.5. The summed E-state index contributed by atoms with van der Waals surface area (Å²) in [7, 11) is 1.43. The molecule has 1 atom stereocenters. The molecular formula is C21H32N2O4S. The highest BCUT2D eigenvalue weighted by molar-refractivity contribution is 7.14. The van der Waals surface area contributed by atoms with Crippen LogP contribution in [0.1, 0.15) is 62.4 Å². The third kappa shape index (κ3) is 4.45. The van der Waals surface area contributed by atoms with E-state index in [2.05, 4.69) is 4.90 Å². The highest BCUT2D eigenvalue weighted by Crippen LogP contribution is 2.40. The largest absolute Gasteiger partial charge is 0.465 e. The zero-order valence-corrected chi connectivity index (χ0v) is 18.4. The van der Waals surface area contributed by atoms with Gasteiger partial charge in [0.2, 0.25) is 0 Å². The summed E-state index contributed by atoms with van der Waals surface area (Å²) in [6.07, 6.45) is 4.12. The van der Waals surface area contributed by atoms with Crippen molar-refractivity contribution in [2.24, 2.45) is 5.92 Å². The fourth-order valence-corrected chi connectivity index (χ4v) is 5.48. The van der Waals surface area contributed by atoms with Crippen molar-refractivity contribution in [3.05, 3.63) is 16.5 Å². The number of anilines is 1. The van der Waals surface area contributed by atoms with Gasteiger partial charge < -0.3 is 19.3 Å². The van der Waals surface area contributed by atoms with Crippen molar-refractivity contribution >= 4 is 28.4 Å². The van der Waals surface area contributed by atoms with E-state index in [1.54, 1.807) is 11.3 Å². The summed E-state index contributed by atoms with van der Waals surface area (Å²) in [6.45, 7) is 10.2. The van der Waals surface area contributed by atoms with Crippen molar-refractivity contribution in [1.29, 1.82) is 0 Å². The molecule has 0 aliphatic carbocycles. The van der Waals surface area contributed by atoms with Crippen molar-refractivity contribution in [3.63, 3.8) is 0 Å². The van der Waals surface area contributed by atoms with Crippen LogP contribution in [-0.4, -0.2) is 55.3 Å². The lowest BCUT2D eigenvalue weighted by atomic mass is 9.88.